The van der Waals surface area contributed by atoms with E-state index in [0.29, 0.717) is 33.8 Å². The summed E-state index contributed by atoms with van der Waals surface area (Å²) in [5.41, 5.74) is 0.758. The molecule has 2 aromatic carbocycles. The largest absolute Gasteiger partial charge is 0.493 e. The van der Waals surface area contributed by atoms with Crippen molar-refractivity contribution in [2.75, 3.05) is 19.5 Å². The van der Waals surface area contributed by atoms with Crippen molar-refractivity contribution < 1.29 is 23.0 Å². The van der Waals surface area contributed by atoms with Crippen molar-refractivity contribution in [3.05, 3.63) is 47.0 Å². The maximum Gasteiger partial charge on any atom is 0.288 e. The Labute approximate surface area is 147 Å². The molecule has 4 nitrogen and oxygen atoms in total. The second kappa shape index (κ2) is 8.21. The predicted molar refractivity (Wildman–Crippen MR) is 90.8 cm³/mol. The van der Waals surface area contributed by atoms with E-state index in [4.69, 9.17) is 21.1 Å². The van der Waals surface area contributed by atoms with Crippen LogP contribution in [0.4, 0.5) is 14.5 Å². The molecule has 0 aliphatic rings. The first-order chi connectivity index (χ1) is 11.4. The van der Waals surface area contributed by atoms with Gasteiger partial charge < -0.3 is 14.8 Å². The molecule has 0 atom stereocenters. The molecule has 0 saturated heterocycles. The maximum atomic E-state index is 12.3. The van der Waals surface area contributed by atoms with Gasteiger partial charge in [0, 0.05) is 16.1 Å². The lowest BCUT2D eigenvalue weighted by Gasteiger charge is -2.12. The van der Waals surface area contributed by atoms with Crippen LogP contribution in [0.15, 0.2) is 41.3 Å². The van der Waals surface area contributed by atoms with E-state index in [1.807, 2.05) is 0 Å². The van der Waals surface area contributed by atoms with Crippen molar-refractivity contribution in [2.24, 2.45) is 0 Å². The first-order valence-electron chi connectivity index (χ1n) is 6.72. The highest BCUT2D eigenvalue weighted by Gasteiger charge is 2.15. The van der Waals surface area contributed by atoms with Crippen molar-refractivity contribution in [1.82, 2.24) is 0 Å². The molecule has 1 amide bonds. The Kier molecular flexibility index (Phi) is 6.28. The molecular weight excluding hydrogens is 360 g/mol. The Hall–Kier alpha value is -1.99. The van der Waals surface area contributed by atoms with Gasteiger partial charge in [0.15, 0.2) is 11.5 Å². The van der Waals surface area contributed by atoms with E-state index in [1.165, 1.54) is 38.5 Å². The molecule has 0 radical (unpaired) electrons. The topological polar surface area (TPSA) is 47.6 Å². The van der Waals surface area contributed by atoms with Gasteiger partial charge in [0.1, 0.15) is 0 Å². The van der Waals surface area contributed by atoms with Gasteiger partial charge in [-0.2, -0.15) is 8.78 Å². The van der Waals surface area contributed by atoms with Gasteiger partial charge in [0.25, 0.3) is 11.7 Å². The molecule has 0 spiro atoms. The second-order valence-corrected chi connectivity index (χ2v) is 6.02. The molecule has 0 heterocycles. The van der Waals surface area contributed by atoms with Crippen LogP contribution in [-0.4, -0.2) is 25.9 Å². The summed E-state index contributed by atoms with van der Waals surface area (Å²) in [6.07, 6.45) is 0. The Morgan fingerprint density at radius 2 is 1.83 bits per heavy atom. The van der Waals surface area contributed by atoms with Gasteiger partial charge in [-0.15, -0.1) is 0 Å². The molecule has 2 aromatic rings. The van der Waals surface area contributed by atoms with Gasteiger partial charge in [-0.25, -0.2) is 0 Å². The minimum Gasteiger partial charge on any atom is -0.493 e. The van der Waals surface area contributed by atoms with E-state index in [9.17, 15) is 13.6 Å². The summed E-state index contributed by atoms with van der Waals surface area (Å²) in [7, 11) is 2.89. The van der Waals surface area contributed by atoms with Crippen LogP contribution in [0.5, 0.6) is 11.5 Å². The Bertz CT molecular complexity index is 726. The lowest BCUT2D eigenvalue weighted by atomic mass is 10.1. The minimum absolute atomic E-state index is 0.241. The zero-order valence-corrected chi connectivity index (χ0v) is 14.4. The SMILES string of the molecule is COc1cc(C(=O)Nc2ccc(SC(F)F)cc2)cc(Cl)c1OC. The van der Waals surface area contributed by atoms with Crippen LogP contribution in [0.2, 0.25) is 5.02 Å². The maximum absolute atomic E-state index is 12.3. The van der Waals surface area contributed by atoms with Crippen molar-refractivity contribution >= 4 is 35.0 Å². The number of amides is 1. The number of carbonyl (C=O) groups excluding carboxylic acids is 1. The molecule has 128 valence electrons. The fourth-order valence-electron chi connectivity index (χ4n) is 1.97. The molecule has 2 rings (SSSR count). The summed E-state index contributed by atoms with van der Waals surface area (Å²) in [5.74, 6) is -2.23. The molecule has 1 N–H and O–H groups in total. The van der Waals surface area contributed by atoms with Crippen molar-refractivity contribution in [1.29, 1.82) is 0 Å². The third kappa shape index (κ3) is 4.52. The van der Waals surface area contributed by atoms with E-state index in [-0.39, 0.29) is 10.6 Å². The van der Waals surface area contributed by atoms with Crippen LogP contribution in [0.1, 0.15) is 10.4 Å². The van der Waals surface area contributed by atoms with Crippen LogP contribution in [0, 0.1) is 0 Å². The number of hydrogen-bond acceptors (Lipinski definition) is 4. The highest BCUT2D eigenvalue weighted by molar-refractivity contribution is 7.99. The lowest BCUT2D eigenvalue weighted by molar-refractivity contribution is 0.102. The van der Waals surface area contributed by atoms with Crippen LogP contribution in [0.3, 0.4) is 0 Å². The zero-order valence-electron chi connectivity index (χ0n) is 12.8. The third-order valence-corrected chi connectivity index (χ3v) is 4.04. The second-order valence-electron chi connectivity index (χ2n) is 4.55. The lowest BCUT2D eigenvalue weighted by Crippen LogP contribution is -2.12. The standard InChI is InChI=1S/C16H14ClF2NO3S/c1-22-13-8-9(7-12(17)14(13)23-2)15(21)20-10-3-5-11(6-4-10)24-16(18)19/h3-8,16H,1-2H3,(H,20,21). The number of methoxy groups -OCH3 is 2. The molecular formula is C16H14ClF2NO3S. The van der Waals surface area contributed by atoms with Gasteiger partial charge in [-0.05, 0) is 36.4 Å². The van der Waals surface area contributed by atoms with E-state index in [0.717, 1.165) is 0 Å². The van der Waals surface area contributed by atoms with Gasteiger partial charge in [-0.3, -0.25) is 4.79 Å². The van der Waals surface area contributed by atoms with Crippen molar-refractivity contribution in [3.8, 4) is 11.5 Å². The molecule has 0 aliphatic heterocycles. The molecule has 0 aromatic heterocycles. The van der Waals surface area contributed by atoms with Crippen LogP contribution in [-0.2, 0) is 0 Å². The Morgan fingerprint density at radius 1 is 1.17 bits per heavy atom. The van der Waals surface area contributed by atoms with Gasteiger partial charge >= 0.3 is 0 Å². The summed E-state index contributed by atoms with van der Waals surface area (Å²) < 4.78 is 34.8. The number of alkyl halides is 2. The van der Waals surface area contributed by atoms with E-state index in [2.05, 4.69) is 5.32 Å². The number of carbonyl (C=O) groups is 1. The highest BCUT2D eigenvalue weighted by Crippen LogP contribution is 2.36. The number of nitrogens with one attached hydrogen (secondary N) is 1. The minimum atomic E-state index is -2.49. The fraction of sp³-hybridized carbons (Fsp3) is 0.188. The predicted octanol–water partition coefficient (Wildman–Crippen LogP) is 4.92. The summed E-state index contributed by atoms with van der Waals surface area (Å²) >= 11 is 6.51. The van der Waals surface area contributed by atoms with Gasteiger partial charge in [0.2, 0.25) is 0 Å². The molecule has 24 heavy (non-hydrogen) atoms. The summed E-state index contributed by atoms with van der Waals surface area (Å²) in [6.45, 7) is 0. The molecule has 0 fully saturated rings. The number of rotatable bonds is 6. The summed E-state index contributed by atoms with van der Waals surface area (Å²) in [4.78, 5) is 12.7. The average molecular weight is 374 g/mol. The van der Waals surface area contributed by atoms with Crippen molar-refractivity contribution in [3.63, 3.8) is 0 Å². The average Bonchev–Trinajstić information content (AvgIpc) is 2.55. The summed E-state index contributed by atoms with van der Waals surface area (Å²) in [6, 6.07) is 9.07. The molecule has 0 saturated carbocycles. The van der Waals surface area contributed by atoms with Crippen LogP contribution < -0.4 is 14.8 Å². The van der Waals surface area contributed by atoms with Crippen molar-refractivity contribution in [2.45, 2.75) is 10.7 Å². The van der Waals surface area contributed by atoms with E-state index >= 15 is 0 Å². The number of anilines is 1. The monoisotopic (exact) mass is 373 g/mol. The smallest absolute Gasteiger partial charge is 0.288 e. The number of hydrogen-bond donors (Lipinski definition) is 1. The first-order valence-corrected chi connectivity index (χ1v) is 7.98. The Balaban J connectivity index is 2.16. The molecule has 8 heteroatoms. The van der Waals surface area contributed by atoms with Crippen LogP contribution in [0.25, 0.3) is 0 Å². The number of ether oxygens (including phenoxy) is 2. The number of thioether (sulfide) groups is 1. The van der Waals surface area contributed by atoms with Crippen LogP contribution >= 0.6 is 23.4 Å². The third-order valence-electron chi connectivity index (χ3n) is 3.03. The van der Waals surface area contributed by atoms with E-state index < -0.39 is 11.7 Å². The van der Waals surface area contributed by atoms with Gasteiger partial charge in [0.05, 0.1) is 19.2 Å². The molecule has 0 aliphatic carbocycles. The quantitative estimate of drug-likeness (QED) is 0.730. The first kappa shape index (κ1) is 18.4. The normalized spacial score (nSPS) is 10.6. The van der Waals surface area contributed by atoms with E-state index in [1.54, 1.807) is 12.1 Å². The summed E-state index contributed by atoms with van der Waals surface area (Å²) in [5, 5.41) is 2.91. The fourth-order valence-corrected chi connectivity index (χ4v) is 2.76. The molecule has 0 bridgehead atoms. The zero-order chi connectivity index (χ0) is 17.7. The highest BCUT2D eigenvalue weighted by atomic mass is 35.5. The molecule has 0 unspecified atom stereocenters. The number of halogens is 3. The number of benzene rings is 2. The van der Waals surface area contributed by atoms with Gasteiger partial charge in [-0.1, -0.05) is 23.4 Å². The Morgan fingerprint density at radius 3 is 2.38 bits per heavy atom.